The van der Waals surface area contributed by atoms with Crippen molar-refractivity contribution in [2.45, 2.75) is 24.9 Å². The number of benzene rings is 1. The molecule has 0 unspecified atom stereocenters. The molecule has 2 bridgehead atoms. The van der Waals surface area contributed by atoms with E-state index in [1.165, 1.54) is 0 Å². The van der Waals surface area contributed by atoms with Crippen LogP contribution in [0.1, 0.15) is 12.5 Å². The van der Waals surface area contributed by atoms with Gasteiger partial charge in [0.05, 0.1) is 18.2 Å². The van der Waals surface area contributed by atoms with Crippen LogP contribution in [0.3, 0.4) is 0 Å². The molecule has 0 radical (unpaired) electrons. The van der Waals surface area contributed by atoms with E-state index >= 15 is 0 Å². The lowest BCUT2D eigenvalue weighted by Crippen LogP contribution is -2.37. The maximum atomic E-state index is 11.9. The second kappa shape index (κ2) is 5.38. The molecule has 4 rings (SSSR count). The number of carbonyl (C=O) groups excluding carboxylic acids is 1. The summed E-state index contributed by atoms with van der Waals surface area (Å²) in [6, 6.07) is 7.28. The zero-order chi connectivity index (χ0) is 15.3. The van der Waals surface area contributed by atoms with Gasteiger partial charge in [-0.05, 0) is 40.3 Å². The fraction of sp³-hybridized carbons (Fsp3) is 0.357. The summed E-state index contributed by atoms with van der Waals surface area (Å²) < 4.78 is 18.9. The molecule has 2 aliphatic heterocycles. The standard InChI is InChI=1S/C14H11BrN2O4S/c15-8-4-2-1-3-7(8)12-16-17(14(22)21-12)9-5-10(18)13-19-6-11(9)20-13/h1-4,9,11,13H,5-6H2/t9-,11+,13+/m0/s1. The molecular weight excluding hydrogens is 372 g/mol. The minimum atomic E-state index is -0.731. The Morgan fingerprint density at radius 3 is 3.00 bits per heavy atom. The molecule has 22 heavy (non-hydrogen) atoms. The molecule has 0 amide bonds. The summed E-state index contributed by atoms with van der Waals surface area (Å²) in [4.78, 5) is 12.1. The van der Waals surface area contributed by atoms with Crippen LogP contribution >= 0.6 is 28.1 Å². The van der Waals surface area contributed by atoms with E-state index in [0.717, 1.165) is 10.0 Å². The second-order valence-corrected chi connectivity index (χ2v) is 6.38. The van der Waals surface area contributed by atoms with Crippen LogP contribution in [0.15, 0.2) is 33.2 Å². The molecule has 0 N–H and O–H groups in total. The second-order valence-electron chi connectivity index (χ2n) is 5.18. The number of halogens is 1. The number of ketones is 1. The summed E-state index contributed by atoms with van der Waals surface area (Å²) >= 11 is 8.72. The highest BCUT2D eigenvalue weighted by atomic mass is 79.9. The third-order valence-electron chi connectivity index (χ3n) is 3.80. The van der Waals surface area contributed by atoms with E-state index in [4.69, 9.17) is 26.1 Å². The average Bonchev–Trinajstić information content (AvgIpc) is 3.09. The van der Waals surface area contributed by atoms with Crippen molar-refractivity contribution >= 4 is 33.9 Å². The monoisotopic (exact) mass is 382 g/mol. The summed E-state index contributed by atoms with van der Waals surface area (Å²) in [5.41, 5.74) is 0.802. The van der Waals surface area contributed by atoms with Gasteiger partial charge in [0.1, 0.15) is 6.10 Å². The van der Waals surface area contributed by atoms with Gasteiger partial charge < -0.3 is 13.9 Å². The van der Waals surface area contributed by atoms with Crippen LogP contribution in [0.2, 0.25) is 0 Å². The first kappa shape index (κ1) is 14.3. The third kappa shape index (κ3) is 2.26. The Hall–Kier alpha value is -1.35. The van der Waals surface area contributed by atoms with Crippen molar-refractivity contribution in [3.05, 3.63) is 33.6 Å². The van der Waals surface area contributed by atoms with Crippen molar-refractivity contribution in [3.8, 4) is 11.5 Å². The summed E-state index contributed by atoms with van der Waals surface area (Å²) in [6.45, 7) is 0.361. The number of rotatable bonds is 2. The summed E-state index contributed by atoms with van der Waals surface area (Å²) in [7, 11) is 0. The molecule has 3 heterocycles. The predicted molar refractivity (Wildman–Crippen MR) is 81.7 cm³/mol. The Morgan fingerprint density at radius 1 is 1.36 bits per heavy atom. The quantitative estimate of drug-likeness (QED) is 0.743. The topological polar surface area (TPSA) is 66.5 Å². The molecular formula is C14H11BrN2O4S. The van der Waals surface area contributed by atoms with Crippen LogP contribution in [-0.4, -0.2) is 34.6 Å². The molecule has 0 aliphatic carbocycles. The van der Waals surface area contributed by atoms with Crippen LogP contribution in [0.5, 0.6) is 0 Å². The summed E-state index contributed by atoms with van der Waals surface area (Å²) in [5, 5.41) is 4.44. The number of fused-ring (bicyclic) bond motifs is 2. The van der Waals surface area contributed by atoms with E-state index in [0.29, 0.717) is 12.5 Å². The average molecular weight is 383 g/mol. The van der Waals surface area contributed by atoms with Gasteiger partial charge in [-0.15, -0.1) is 5.10 Å². The largest absolute Gasteiger partial charge is 0.409 e. The Kier molecular flexibility index (Phi) is 3.48. The first-order valence-electron chi connectivity index (χ1n) is 6.78. The smallest absolute Gasteiger partial charge is 0.287 e. The van der Waals surface area contributed by atoms with E-state index in [9.17, 15) is 4.79 Å². The molecule has 2 aromatic rings. The molecule has 114 valence electrons. The van der Waals surface area contributed by atoms with Crippen molar-refractivity contribution < 1.29 is 18.7 Å². The summed E-state index contributed by atoms with van der Waals surface area (Å²) in [6.07, 6.45) is -0.678. The third-order valence-corrected chi connectivity index (χ3v) is 4.76. The van der Waals surface area contributed by atoms with Gasteiger partial charge in [-0.1, -0.05) is 12.1 Å². The fourth-order valence-electron chi connectivity index (χ4n) is 2.71. The minimum absolute atomic E-state index is 0.0916. The van der Waals surface area contributed by atoms with Gasteiger partial charge in [-0.2, -0.15) is 0 Å². The number of carbonyl (C=O) groups is 1. The van der Waals surface area contributed by atoms with E-state index < -0.39 is 6.29 Å². The number of ether oxygens (including phenoxy) is 2. The molecule has 0 saturated carbocycles. The highest BCUT2D eigenvalue weighted by Crippen LogP contribution is 2.34. The van der Waals surface area contributed by atoms with Gasteiger partial charge in [0.2, 0.25) is 12.2 Å². The lowest BCUT2D eigenvalue weighted by atomic mass is 10.0. The van der Waals surface area contributed by atoms with Gasteiger partial charge in [0.25, 0.3) is 4.84 Å². The van der Waals surface area contributed by atoms with Crippen LogP contribution in [0.25, 0.3) is 11.5 Å². The number of Topliss-reactive ketones (excluding diaryl/α,β-unsaturated/α-hetero) is 1. The summed E-state index contributed by atoms with van der Waals surface area (Å²) in [5.74, 6) is 0.317. The highest BCUT2D eigenvalue weighted by molar-refractivity contribution is 9.10. The van der Waals surface area contributed by atoms with E-state index in [1.54, 1.807) is 4.68 Å². The molecule has 0 spiro atoms. The Morgan fingerprint density at radius 2 is 2.18 bits per heavy atom. The number of nitrogens with zero attached hydrogens (tertiary/aromatic N) is 2. The number of hydrogen-bond acceptors (Lipinski definition) is 6. The van der Waals surface area contributed by atoms with Crippen molar-refractivity contribution in [3.63, 3.8) is 0 Å². The van der Waals surface area contributed by atoms with Crippen LogP contribution in [0.4, 0.5) is 0 Å². The molecule has 8 heteroatoms. The van der Waals surface area contributed by atoms with Gasteiger partial charge in [0, 0.05) is 10.9 Å². The first-order chi connectivity index (χ1) is 10.6. The zero-order valence-corrected chi connectivity index (χ0v) is 13.7. The normalized spacial score (nSPS) is 27.3. The lowest BCUT2D eigenvalue weighted by molar-refractivity contribution is -0.156. The Bertz CT molecular complexity index is 802. The van der Waals surface area contributed by atoms with E-state index in [-0.39, 0.29) is 29.2 Å². The van der Waals surface area contributed by atoms with Crippen molar-refractivity contribution in [1.82, 2.24) is 9.78 Å². The fourth-order valence-corrected chi connectivity index (χ4v) is 3.42. The van der Waals surface area contributed by atoms with E-state index in [1.807, 2.05) is 24.3 Å². The predicted octanol–water partition coefficient (Wildman–Crippen LogP) is 2.89. The first-order valence-corrected chi connectivity index (χ1v) is 7.98. The molecule has 1 aromatic carbocycles. The van der Waals surface area contributed by atoms with Crippen LogP contribution in [-0.2, 0) is 14.3 Å². The molecule has 3 atom stereocenters. The van der Waals surface area contributed by atoms with Crippen LogP contribution < -0.4 is 0 Å². The Balaban J connectivity index is 1.73. The maximum absolute atomic E-state index is 11.9. The molecule has 1 aromatic heterocycles. The molecule has 2 aliphatic rings. The lowest BCUT2D eigenvalue weighted by Gasteiger charge is -2.25. The Labute approximate surface area is 139 Å². The molecule has 2 saturated heterocycles. The van der Waals surface area contributed by atoms with Crippen molar-refractivity contribution in [1.29, 1.82) is 0 Å². The zero-order valence-electron chi connectivity index (χ0n) is 11.3. The molecule has 2 fully saturated rings. The maximum Gasteiger partial charge on any atom is 0.287 e. The van der Waals surface area contributed by atoms with Crippen molar-refractivity contribution in [2.24, 2.45) is 0 Å². The van der Waals surface area contributed by atoms with Gasteiger partial charge in [-0.3, -0.25) is 4.79 Å². The molecule has 6 nitrogen and oxygen atoms in total. The number of aromatic nitrogens is 2. The van der Waals surface area contributed by atoms with E-state index in [2.05, 4.69) is 21.0 Å². The minimum Gasteiger partial charge on any atom is -0.409 e. The van der Waals surface area contributed by atoms with Gasteiger partial charge >= 0.3 is 0 Å². The van der Waals surface area contributed by atoms with Crippen molar-refractivity contribution in [2.75, 3.05) is 6.61 Å². The SMILES string of the molecule is O=C1C[C@H](n2nc(-c3ccccc3Br)oc2=S)[C@H]2CO[C@@H]1O2. The van der Waals surface area contributed by atoms with Gasteiger partial charge in [-0.25, -0.2) is 4.68 Å². The number of hydrogen-bond donors (Lipinski definition) is 0. The highest BCUT2D eigenvalue weighted by Gasteiger charge is 2.45. The van der Waals surface area contributed by atoms with Crippen LogP contribution in [0, 0.1) is 4.84 Å². The van der Waals surface area contributed by atoms with Gasteiger partial charge in [0.15, 0.2) is 5.78 Å².